The number of nitrogens with zero attached hydrogens (tertiary/aromatic N) is 2. The molecule has 1 N–H and O–H groups in total. The summed E-state index contributed by atoms with van der Waals surface area (Å²) in [4.78, 5) is 11.8. The lowest BCUT2D eigenvalue weighted by Gasteiger charge is -2.10. The van der Waals surface area contributed by atoms with Gasteiger partial charge in [0, 0.05) is 6.26 Å². The standard InChI is InChI=1S/C13H15N3O4S2/c1-8-5-4-6-10(9(8)2)20-7-11(17)14-12-15-16-13(21-12)22(3,18)19/h4-6H,7H2,1-3H3,(H,14,15,17). The number of ether oxygens (including phenoxy) is 1. The number of benzene rings is 1. The van der Waals surface area contributed by atoms with Crippen LogP contribution >= 0.6 is 11.3 Å². The van der Waals surface area contributed by atoms with E-state index in [1.54, 1.807) is 6.07 Å². The molecule has 2 rings (SSSR count). The first-order valence-electron chi connectivity index (χ1n) is 6.30. The number of amides is 1. The fourth-order valence-corrected chi connectivity index (χ4v) is 3.11. The zero-order valence-electron chi connectivity index (χ0n) is 12.3. The first-order valence-corrected chi connectivity index (χ1v) is 9.00. The molecule has 9 heteroatoms. The Bertz CT molecular complexity index is 799. The minimum atomic E-state index is -3.42. The molecule has 118 valence electrons. The molecule has 1 aromatic heterocycles. The number of hydrogen-bond donors (Lipinski definition) is 1. The minimum absolute atomic E-state index is 0.120. The van der Waals surface area contributed by atoms with Gasteiger partial charge < -0.3 is 4.74 Å². The highest BCUT2D eigenvalue weighted by Crippen LogP contribution is 2.21. The molecule has 0 saturated heterocycles. The Morgan fingerprint density at radius 1 is 1.32 bits per heavy atom. The zero-order chi connectivity index (χ0) is 16.3. The summed E-state index contributed by atoms with van der Waals surface area (Å²) in [5.41, 5.74) is 2.03. The van der Waals surface area contributed by atoms with Crippen molar-refractivity contribution in [3.8, 4) is 5.75 Å². The third kappa shape index (κ3) is 4.01. The molecular weight excluding hydrogens is 326 g/mol. The molecule has 22 heavy (non-hydrogen) atoms. The first kappa shape index (κ1) is 16.4. The van der Waals surface area contributed by atoms with Crippen LogP contribution in [0.15, 0.2) is 22.5 Å². The van der Waals surface area contributed by atoms with E-state index in [1.807, 2.05) is 26.0 Å². The van der Waals surface area contributed by atoms with Crippen molar-refractivity contribution in [2.24, 2.45) is 0 Å². The predicted octanol–water partition coefficient (Wildman–Crippen LogP) is 1.58. The van der Waals surface area contributed by atoms with E-state index >= 15 is 0 Å². The number of aryl methyl sites for hydroxylation is 1. The molecule has 7 nitrogen and oxygen atoms in total. The van der Waals surface area contributed by atoms with Gasteiger partial charge in [-0.1, -0.05) is 23.5 Å². The van der Waals surface area contributed by atoms with Crippen LogP contribution in [0.25, 0.3) is 0 Å². The van der Waals surface area contributed by atoms with Crippen LogP contribution in [0.5, 0.6) is 5.75 Å². The minimum Gasteiger partial charge on any atom is -0.483 e. The Hall–Kier alpha value is -2.00. The molecule has 0 saturated carbocycles. The monoisotopic (exact) mass is 341 g/mol. The molecule has 1 heterocycles. The van der Waals surface area contributed by atoms with Gasteiger partial charge in [-0.3, -0.25) is 10.1 Å². The maximum Gasteiger partial charge on any atom is 0.264 e. The molecule has 0 bridgehead atoms. The second kappa shape index (κ2) is 6.41. The van der Waals surface area contributed by atoms with Crippen molar-refractivity contribution < 1.29 is 17.9 Å². The summed E-state index contributed by atoms with van der Waals surface area (Å²) in [7, 11) is -3.42. The fraction of sp³-hybridized carbons (Fsp3) is 0.308. The number of sulfone groups is 1. The Balaban J connectivity index is 1.96. The van der Waals surface area contributed by atoms with E-state index in [-0.39, 0.29) is 16.1 Å². The zero-order valence-corrected chi connectivity index (χ0v) is 13.9. The summed E-state index contributed by atoms with van der Waals surface area (Å²) in [5, 5.41) is 9.70. The lowest BCUT2D eigenvalue weighted by atomic mass is 10.1. The molecular formula is C13H15N3O4S2. The van der Waals surface area contributed by atoms with E-state index in [9.17, 15) is 13.2 Å². The molecule has 0 fully saturated rings. The number of hydrogen-bond acceptors (Lipinski definition) is 7. The van der Waals surface area contributed by atoms with Gasteiger partial charge in [0.25, 0.3) is 5.91 Å². The second-order valence-electron chi connectivity index (χ2n) is 4.68. The Kier molecular flexibility index (Phi) is 4.77. The highest BCUT2D eigenvalue weighted by Gasteiger charge is 2.16. The largest absolute Gasteiger partial charge is 0.483 e. The van der Waals surface area contributed by atoms with E-state index in [4.69, 9.17) is 4.74 Å². The topological polar surface area (TPSA) is 98.2 Å². The molecule has 0 atom stereocenters. The van der Waals surface area contributed by atoms with Crippen LogP contribution in [0.2, 0.25) is 0 Å². The summed E-state index contributed by atoms with van der Waals surface area (Å²) in [6.45, 7) is 3.67. The maximum atomic E-state index is 11.8. The number of carbonyl (C=O) groups excluding carboxylic acids is 1. The summed E-state index contributed by atoms with van der Waals surface area (Å²) in [5.74, 6) is 0.196. The number of rotatable bonds is 5. The van der Waals surface area contributed by atoms with Gasteiger partial charge >= 0.3 is 0 Å². The van der Waals surface area contributed by atoms with Gasteiger partial charge in [0.05, 0.1) is 0 Å². The third-order valence-electron chi connectivity index (χ3n) is 2.88. The van der Waals surface area contributed by atoms with E-state index in [1.165, 1.54) is 0 Å². The van der Waals surface area contributed by atoms with Gasteiger partial charge in [0.15, 0.2) is 6.61 Å². The number of aromatic nitrogens is 2. The average Bonchev–Trinajstić information content (AvgIpc) is 2.89. The van der Waals surface area contributed by atoms with Crippen molar-refractivity contribution in [2.45, 2.75) is 18.2 Å². The summed E-state index contributed by atoms with van der Waals surface area (Å²) in [6.07, 6.45) is 1.03. The van der Waals surface area contributed by atoms with Crippen molar-refractivity contribution in [1.82, 2.24) is 10.2 Å². The van der Waals surface area contributed by atoms with Crippen molar-refractivity contribution in [3.05, 3.63) is 29.3 Å². The number of anilines is 1. The van der Waals surface area contributed by atoms with Crippen LogP contribution in [0.4, 0.5) is 5.13 Å². The lowest BCUT2D eigenvalue weighted by Crippen LogP contribution is -2.20. The Labute approximate surface area is 132 Å². The molecule has 2 aromatic rings. The SMILES string of the molecule is Cc1cccc(OCC(=O)Nc2nnc(S(C)(=O)=O)s2)c1C. The van der Waals surface area contributed by atoms with Gasteiger partial charge in [0.1, 0.15) is 5.75 Å². The van der Waals surface area contributed by atoms with Crippen LogP contribution in [0.1, 0.15) is 11.1 Å². The lowest BCUT2D eigenvalue weighted by molar-refractivity contribution is -0.118. The van der Waals surface area contributed by atoms with E-state index in [0.717, 1.165) is 28.7 Å². The first-order chi connectivity index (χ1) is 10.3. The van der Waals surface area contributed by atoms with E-state index in [2.05, 4.69) is 15.5 Å². The predicted molar refractivity (Wildman–Crippen MR) is 83.1 cm³/mol. The molecule has 0 radical (unpaired) electrons. The smallest absolute Gasteiger partial charge is 0.264 e. The quantitative estimate of drug-likeness (QED) is 0.829. The fourth-order valence-electron chi connectivity index (χ4n) is 1.59. The molecule has 0 aliphatic carbocycles. The van der Waals surface area contributed by atoms with Gasteiger partial charge in [0.2, 0.25) is 19.3 Å². The third-order valence-corrected chi connectivity index (χ3v) is 5.39. The Morgan fingerprint density at radius 3 is 2.68 bits per heavy atom. The van der Waals surface area contributed by atoms with Crippen molar-refractivity contribution in [2.75, 3.05) is 18.2 Å². The van der Waals surface area contributed by atoms with Crippen molar-refractivity contribution in [3.63, 3.8) is 0 Å². The highest BCUT2D eigenvalue weighted by molar-refractivity contribution is 7.92. The van der Waals surface area contributed by atoms with Crippen LogP contribution in [-0.4, -0.2) is 37.4 Å². The molecule has 0 spiro atoms. The molecule has 0 aliphatic heterocycles. The molecule has 1 aromatic carbocycles. The second-order valence-corrected chi connectivity index (χ2v) is 7.85. The maximum absolute atomic E-state index is 11.8. The highest BCUT2D eigenvalue weighted by atomic mass is 32.2. The average molecular weight is 341 g/mol. The van der Waals surface area contributed by atoms with Gasteiger partial charge in [-0.25, -0.2) is 8.42 Å². The van der Waals surface area contributed by atoms with E-state index in [0.29, 0.717) is 5.75 Å². The van der Waals surface area contributed by atoms with Crippen molar-refractivity contribution in [1.29, 1.82) is 0 Å². The van der Waals surface area contributed by atoms with Crippen LogP contribution in [-0.2, 0) is 14.6 Å². The van der Waals surface area contributed by atoms with Gasteiger partial charge in [-0.15, -0.1) is 10.2 Å². The Morgan fingerprint density at radius 2 is 2.05 bits per heavy atom. The van der Waals surface area contributed by atoms with Gasteiger partial charge in [-0.2, -0.15) is 0 Å². The van der Waals surface area contributed by atoms with Crippen LogP contribution < -0.4 is 10.1 Å². The normalized spacial score (nSPS) is 11.2. The van der Waals surface area contributed by atoms with E-state index < -0.39 is 15.7 Å². The van der Waals surface area contributed by atoms with Gasteiger partial charge in [-0.05, 0) is 31.0 Å². The molecule has 0 unspecified atom stereocenters. The summed E-state index contributed by atoms with van der Waals surface area (Å²) in [6, 6.07) is 5.58. The molecule has 1 amide bonds. The summed E-state index contributed by atoms with van der Waals surface area (Å²) >= 11 is 0.798. The van der Waals surface area contributed by atoms with Crippen LogP contribution in [0, 0.1) is 13.8 Å². The van der Waals surface area contributed by atoms with Crippen LogP contribution in [0.3, 0.4) is 0 Å². The summed E-state index contributed by atoms with van der Waals surface area (Å²) < 4.78 is 27.9. The molecule has 0 aliphatic rings. The number of nitrogens with one attached hydrogen (secondary N) is 1. The number of carbonyl (C=O) groups is 1. The van der Waals surface area contributed by atoms with Crippen molar-refractivity contribution >= 4 is 32.2 Å².